The Kier molecular flexibility index (Phi) is 3.44. The number of benzene rings is 1. The van der Waals surface area contributed by atoms with Gasteiger partial charge < -0.3 is 5.11 Å². The van der Waals surface area contributed by atoms with Gasteiger partial charge in [0.05, 0.1) is 17.5 Å². The molecule has 1 atom stereocenters. The number of carbonyl (C=O) groups is 5. The second-order valence-corrected chi connectivity index (χ2v) is 5.36. The summed E-state index contributed by atoms with van der Waals surface area (Å²) in [7, 11) is 0. The van der Waals surface area contributed by atoms with Crippen molar-refractivity contribution in [1.29, 1.82) is 0 Å². The number of hydrogen-bond donors (Lipinski definition) is 2. The van der Waals surface area contributed by atoms with E-state index in [4.69, 9.17) is 5.11 Å². The van der Waals surface area contributed by atoms with Gasteiger partial charge in [0.25, 0.3) is 11.8 Å². The van der Waals surface area contributed by atoms with Crippen LogP contribution in [0.4, 0.5) is 0 Å². The molecule has 1 unspecified atom stereocenters. The maximum absolute atomic E-state index is 12.6. The van der Waals surface area contributed by atoms with E-state index in [0.29, 0.717) is 0 Å². The SMILES string of the molecule is O=C(O)Cc1cccc2c1C(=O)N(C1CCC(=O)NC1=O)C2=O. The molecule has 118 valence electrons. The van der Waals surface area contributed by atoms with Crippen LogP contribution < -0.4 is 5.32 Å². The second kappa shape index (κ2) is 5.31. The van der Waals surface area contributed by atoms with Crippen molar-refractivity contribution >= 4 is 29.6 Å². The van der Waals surface area contributed by atoms with Gasteiger partial charge in [-0.15, -0.1) is 0 Å². The van der Waals surface area contributed by atoms with E-state index in [2.05, 4.69) is 5.32 Å². The Morgan fingerprint density at radius 1 is 1.22 bits per heavy atom. The summed E-state index contributed by atoms with van der Waals surface area (Å²) in [4.78, 5) is 59.9. The second-order valence-electron chi connectivity index (χ2n) is 5.36. The first kappa shape index (κ1) is 14.9. The number of fused-ring (bicyclic) bond motifs is 1. The normalized spacial score (nSPS) is 20.5. The maximum Gasteiger partial charge on any atom is 0.307 e. The molecule has 2 aliphatic heterocycles. The molecule has 1 aromatic rings. The summed E-state index contributed by atoms with van der Waals surface area (Å²) < 4.78 is 0. The molecule has 2 heterocycles. The Balaban J connectivity index is 1.99. The van der Waals surface area contributed by atoms with E-state index in [9.17, 15) is 24.0 Å². The minimum Gasteiger partial charge on any atom is -0.481 e. The maximum atomic E-state index is 12.6. The van der Waals surface area contributed by atoms with Gasteiger partial charge in [-0.25, -0.2) is 0 Å². The van der Waals surface area contributed by atoms with Crippen LogP contribution in [0, 0.1) is 0 Å². The molecule has 0 aromatic heterocycles. The zero-order valence-electron chi connectivity index (χ0n) is 11.9. The topological polar surface area (TPSA) is 121 Å². The van der Waals surface area contributed by atoms with Gasteiger partial charge in [0.2, 0.25) is 11.8 Å². The highest BCUT2D eigenvalue weighted by Crippen LogP contribution is 2.30. The zero-order valence-corrected chi connectivity index (χ0v) is 11.9. The van der Waals surface area contributed by atoms with Crippen LogP contribution in [-0.2, 0) is 20.8 Å². The van der Waals surface area contributed by atoms with E-state index >= 15 is 0 Å². The fourth-order valence-corrected chi connectivity index (χ4v) is 2.90. The average molecular weight is 316 g/mol. The molecule has 0 saturated carbocycles. The Bertz CT molecular complexity index is 769. The molecule has 1 fully saturated rings. The Morgan fingerprint density at radius 2 is 1.96 bits per heavy atom. The molecule has 1 aromatic carbocycles. The highest BCUT2D eigenvalue weighted by atomic mass is 16.4. The van der Waals surface area contributed by atoms with Crippen LogP contribution >= 0.6 is 0 Å². The van der Waals surface area contributed by atoms with Gasteiger partial charge >= 0.3 is 5.97 Å². The Labute approximate surface area is 130 Å². The molecule has 8 heteroatoms. The lowest BCUT2D eigenvalue weighted by molar-refractivity contribution is -0.137. The third-order valence-corrected chi connectivity index (χ3v) is 3.90. The monoisotopic (exact) mass is 316 g/mol. The minimum atomic E-state index is -1.13. The highest BCUT2D eigenvalue weighted by molar-refractivity contribution is 6.24. The van der Waals surface area contributed by atoms with Crippen molar-refractivity contribution in [1.82, 2.24) is 10.2 Å². The quantitative estimate of drug-likeness (QED) is 0.740. The Morgan fingerprint density at radius 3 is 2.61 bits per heavy atom. The van der Waals surface area contributed by atoms with Gasteiger partial charge in [-0.2, -0.15) is 0 Å². The Hall–Kier alpha value is -3.03. The zero-order chi connectivity index (χ0) is 16.7. The lowest BCUT2D eigenvalue weighted by Crippen LogP contribution is -2.54. The molecule has 3 rings (SSSR count). The molecule has 0 radical (unpaired) electrons. The van der Waals surface area contributed by atoms with Gasteiger partial charge in [0, 0.05) is 6.42 Å². The number of carbonyl (C=O) groups excluding carboxylic acids is 4. The van der Waals surface area contributed by atoms with E-state index in [1.165, 1.54) is 18.2 Å². The summed E-state index contributed by atoms with van der Waals surface area (Å²) in [5.41, 5.74) is 0.325. The number of aliphatic carboxylic acids is 1. The number of hydrogen-bond acceptors (Lipinski definition) is 5. The first-order valence-electron chi connectivity index (χ1n) is 6.95. The summed E-state index contributed by atoms with van der Waals surface area (Å²) in [5, 5.41) is 11.0. The van der Waals surface area contributed by atoms with E-state index in [1.807, 2.05) is 0 Å². The van der Waals surface area contributed by atoms with Crippen molar-refractivity contribution in [2.75, 3.05) is 0 Å². The number of piperidine rings is 1. The van der Waals surface area contributed by atoms with Gasteiger partial charge in [-0.3, -0.25) is 34.2 Å². The molecule has 0 bridgehead atoms. The van der Waals surface area contributed by atoms with Crippen LogP contribution in [0.5, 0.6) is 0 Å². The van der Waals surface area contributed by atoms with Crippen molar-refractivity contribution in [3.63, 3.8) is 0 Å². The van der Waals surface area contributed by atoms with Crippen LogP contribution in [-0.4, -0.2) is 45.6 Å². The fourth-order valence-electron chi connectivity index (χ4n) is 2.90. The van der Waals surface area contributed by atoms with Crippen LogP contribution in [0.1, 0.15) is 39.1 Å². The van der Waals surface area contributed by atoms with Gasteiger partial charge in [-0.1, -0.05) is 12.1 Å². The molecule has 1 saturated heterocycles. The standard InChI is InChI=1S/C15H12N2O6/c18-10-5-4-9(13(21)16-10)17-14(22)8-3-1-2-7(6-11(19)20)12(8)15(17)23/h1-3,9H,4-6H2,(H,19,20)(H,16,18,21). The number of carboxylic acid groups (broad SMARTS) is 1. The van der Waals surface area contributed by atoms with E-state index in [1.54, 1.807) is 0 Å². The lowest BCUT2D eigenvalue weighted by atomic mass is 10.0. The highest BCUT2D eigenvalue weighted by Gasteiger charge is 2.45. The third kappa shape index (κ3) is 2.37. The van der Waals surface area contributed by atoms with E-state index in [0.717, 1.165) is 4.90 Å². The fraction of sp³-hybridized carbons (Fsp3) is 0.267. The van der Waals surface area contributed by atoms with Crippen LogP contribution in [0.3, 0.4) is 0 Å². The molecular weight excluding hydrogens is 304 g/mol. The number of imide groups is 2. The van der Waals surface area contributed by atoms with Crippen molar-refractivity contribution in [3.8, 4) is 0 Å². The first-order chi connectivity index (χ1) is 10.9. The predicted octanol–water partition coefficient (Wildman–Crippen LogP) is -0.285. The smallest absolute Gasteiger partial charge is 0.307 e. The van der Waals surface area contributed by atoms with Crippen LogP contribution in [0.25, 0.3) is 0 Å². The van der Waals surface area contributed by atoms with Crippen LogP contribution in [0.15, 0.2) is 18.2 Å². The summed E-state index contributed by atoms with van der Waals surface area (Å²) in [6.07, 6.45) is -0.304. The van der Waals surface area contributed by atoms with Crippen molar-refractivity contribution in [2.45, 2.75) is 25.3 Å². The number of nitrogens with one attached hydrogen (secondary N) is 1. The summed E-state index contributed by atoms with van der Waals surface area (Å²) in [6, 6.07) is 3.33. The number of rotatable bonds is 3. The largest absolute Gasteiger partial charge is 0.481 e. The molecular formula is C15H12N2O6. The van der Waals surface area contributed by atoms with Crippen LogP contribution in [0.2, 0.25) is 0 Å². The number of carboxylic acids is 1. The lowest BCUT2D eigenvalue weighted by Gasteiger charge is -2.27. The molecule has 8 nitrogen and oxygen atoms in total. The molecule has 2 N–H and O–H groups in total. The summed E-state index contributed by atoms with van der Waals surface area (Å²) >= 11 is 0. The van der Waals surface area contributed by atoms with Crippen molar-refractivity contribution in [2.24, 2.45) is 0 Å². The first-order valence-corrected chi connectivity index (χ1v) is 6.95. The summed E-state index contributed by atoms with van der Waals surface area (Å²) in [5.74, 6) is -3.62. The summed E-state index contributed by atoms with van der Waals surface area (Å²) in [6.45, 7) is 0. The van der Waals surface area contributed by atoms with Gasteiger partial charge in [0.1, 0.15) is 6.04 Å². The van der Waals surface area contributed by atoms with Crippen molar-refractivity contribution in [3.05, 3.63) is 34.9 Å². The van der Waals surface area contributed by atoms with Crippen molar-refractivity contribution < 1.29 is 29.1 Å². The van der Waals surface area contributed by atoms with Gasteiger partial charge in [-0.05, 0) is 18.1 Å². The number of amides is 4. The van der Waals surface area contributed by atoms with E-state index in [-0.39, 0.29) is 29.5 Å². The average Bonchev–Trinajstić information content (AvgIpc) is 2.72. The predicted molar refractivity (Wildman–Crippen MR) is 74.5 cm³/mol. The van der Waals surface area contributed by atoms with E-state index < -0.39 is 42.1 Å². The molecule has 0 spiro atoms. The molecule has 0 aliphatic carbocycles. The molecule has 4 amide bonds. The minimum absolute atomic E-state index is 0.0181. The third-order valence-electron chi connectivity index (χ3n) is 3.90. The molecule has 2 aliphatic rings. The number of nitrogens with zero attached hydrogens (tertiary/aromatic N) is 1. The van der Waals surface area contributed by atoms with Gasteiger partial charge in [0.15, 0.2) is 0 Å². The molecule has 23 heavy (non-hydrogen) atoms.